The number of nitrogens with one attached hydrogen (secondary N) is 1. The first-order valence-electron chi connectivity index (χ1n) is 10.9. The molecule has 8 nitrogen and oxygen atoms in total. The van der Waals surface area contributed by atoms with Gasteiger partial charge in [0, 0.05) is 41.7 Å². The van der Waals surface area contributed by atoms with Crippen molar-refractivity contribution in [3.05, 3.63) is 48.5 Å². The largest absolute Gasteiger partial charge is 0.573 e. The number of carbonyl (C=O) groups excluding carboxylic acids is 2. The van der Waals surface area contributed by atoms with E-state index in [1.807, 2.05) is 13.8 Å². The number of carbonyl (C=O) groups is 2. The lowest BCUT2D eigenvalue weighted by Crippen LogP contribution is -2.62. The van der Waals surface area contributed by atoms with Gasteiger partial charge < -0.3 is 14.8 Å². The van der Waals surface area contributed by atoms with Gasteiger partial charge in [-0.15, -0.1) is 13.2 Å². The minimum Gasteiger partial charge on any atom is -0.406 e. The summed E-state index contributed by atoms with van der Waals surface area (Å²) in [4.78, 5) is 35.6. The van der Waals surface area contributed by atoms with Crippen molar-refractivity contribution < 1.29 is 36.6 Å². The number of benzene rings is 1. The lowest BCUT2D eigenvalue weighted by molar-refractivity contribution is -0.274. The second-order valence-corrected chi connectivity index (χ2v) is 9.45. The number of aromatic nitrogens is 2. The monoisotopic (exact) mass is 532 g/mol. The molecule has 36 heavy (non-hydrogen) atoms. The highest BCUT2D eigenvalue weighted by atomic mass is 35.5. The Hall–Kier alpha value is -2.99. The molecule has 1 aromatic carbocycles. The number of amides is 2. The van der Waals surface area contributed by atoms with Gasteiger partial charge in [0.25, 0.3) is 17.4 Å². The average molecular weight is 533 g/mol. The first-order valence-corrected chi connectivity index (χ1v) is 11.3. The molecule has 0 spiro atoms. The van der Waals surface area contributed by atoms with Crippen LogP contribution >= 0.6 is 11.6 Å². The Labute approximate surface area is 209 Å². The molecule has 0 bridgehead atoms. The molecule has 2 heterocycles. The van der Waals surface area contributed by atoms with Crippen LogP contribution in [0.15, 0.2) is 43.0 Å². The van der Waals surface area contributed by atoms with E-state index in [1.54, 1.807) is 0 Å². The number of ether oxygens (including phenoxy) is 2. The molecular formula is C23H25ClF4N4O4. The minimum atomic E-state index is -4.94. The van der Waals surface area contributed by atoms with Crippen LogP contribution < -0.4 is 15.0 Å². The molecule has 1 saturated heterocycles. The maximum atomic E-state index is 14.2. The van der Waals surface area contributed by atoms with Crippen LogP contribution in [0.2, 0.25) is 0 Å². The van der Waals surface area contributed by atoms with Gasteiger partial charge >= 0.3 is 6.36 Å². The number of hydrogen-bond donors (Lipinski definition) is 1. The van der Waals surface area contributed by atoms with Gasteiger partial charge in [-0.1, -0.05) is 25.4 Å². The zero-order valence-corrected chi connectivity index (χ0v) is 20.4. The van der Waals surface area contributed by atoms with Gasteiger partial charge in [-0.3, -0.25) is 14.5 Å². The lowest BCUT2D eigenvalue weighted by atomic mass is 9.80. The maximum absolute atomic E-state index is 14.2. The molecule has 13 heteroatoms. The van der Waals surface area contributed by atoms with Gasteiger partial charge in [-0.25, -0.2) is 14.4 Å². The first-order chi connectivity index (χ1) is 16.8. The Balaban J connectivity index is 2.10. The lowest BCUT2D eigenvalue weighted by Gasteiger charge is -2.44. The molecule has 1 N–H and O–H groups in total. The van der Waals surface area contributed by atoms with E-state index >= 15 is 0 Å². The van der Waals surface area contributed by atoms with Crippen molar-refractivity contribution in [3.63, 3.8) is 0 Å². The van der Waals surface area contributed by atoms with E-state index in [0.29, 0.717) is 19.6 Å². The van der Waals surface area contributed by atoms with Crippen molar-refractivity contribution in [2.75, 3.05) is 18.1 Å². The first kappa shape index (κ1) is 27.6. The van der Waals surface area contributed by atoms with Crippen LogP contribution in [0.25, 0.3) is 0 Å². The Morgan fingerprint density at radius 2 is 1.83 bits per heavy atom. The van der Waals surface area contributed by atoms with Crippen molar-refractivity contribution in [2.45, 2.75) is 50.8 Å². The van der Waals surface area contributed by atoms with Crippen LogP contribution in [0.1, 0.15) is 32.8 Å². The maximum Gasteiger partial charge on any atom is 0.573 e. The van der Waals surface area contributed by atoms with Gasteiger partial charge in [0.1, 0.15) is 12.1 Å². The molecule has 2 amide bonds. The zero-order chi connectivity index (χ0) is 26.7. The van der Waals surface area contributed by atoms with Crippen LogP contribution in [0, 0.1) is 5.41 Å². The third-order valence-corrected chi connectivity index (χ3v) is 6.21. The van der Waals surface area contributed by atoms with Gasteiger partial charge in [0.05, 0.1) is 6.61 Å². The summed E-state index contributed by atoms with van der Waals surface area (Å²) in [7, 11) is 0. The highest BCUT2D eigenvalue weighted by Crippen LogP contribution is 2.37. The molecule has 1 aliphatic rings. The molecule has 1 fully saturated rings. The summed E-state index contributed by atoms with van der Waals surface area (Å²) in [6.45, 7) is 5.93. The smallest absolute Gasteiger partial charge is 0.406 e. The highest BCUT2D eigenvalue weighted by Gasteiger charge is 2.49. The van der Waals surface area contributed by atoms with Crippen LogP contribution in [0.3, 0.4) is 0 Å². The number of rotatable bonds is 7. The van der Waals surface area contributed by atoms with Gasteiger partial charge in [-0.05, 0) is 37.6 Å². The third-order valence-electron chi connectivity index (χ3n) is 6.02. The fraction of sp³-hybridized carbons (Fsp3) is 0.478. The standard InChI is InChI=1S/C23H25ClF4N4O4/c1-21(2)12-35-9-8-17(21)31-20(34)22(3,14-10-29-13-30-11-14)32(19(33)18(24)25)15-4-6-16(7-5-15)36-23(26,27)28/h4-7,10-11,13,17-18H,8-9,12H2,1-3H3,(H,31,34)/t17-,18+,22+/m1/s1. The van der Waals surface area contributed by atoms with E-state index in [1.165, 1.54) is 25.6 Å². The highest BCUT2D eigenvalue weighted by molar-refractivity contribution is 6.32. The average Bonchev–Trinajstić information content (AvgIpc) is 2.80. The molecule has 0 radical (unpaired) electrons. The van der Waals surface area contributed by atoms with Crippen LogP contribution in [0.5, 0.6) is 5.75 Å². The van der Waals surface area contributed by atoms with Crippen molar-refractivity contribution in [3.8, 4) is 5.75 Å². The number of nitrogens with zero attached hydrogens (tertiary/aromatic N) is 3. The summed E-state index contributed by atoms with van der Waals surface area (Å²) >= 11 is 5.52. The Kier molecular flexibility index (Phi) is 8.09. The second kappa shape index (κ2) is 10.6. The van der Waals surface area contributed by atoms with Gasteiger partial charge in [0.2, 0.25) is 0 Å². The Bertz CT molecular complexity index is 1070. The predicted molar refractivity (Wildman–Crippen MR) is 122 cm³/mol. The molecule has 0 aliphatic carbocycles. The molecule has 196 valence electrons. The van der Waals surface area contributed by atoms with Gasteiger partial charge in [-0.2, -0.15) is 0 Å². The quantitative estimate of drug-likeness (QED) is 0.426. The van der Waals surface area contributed by atoms with Crippen molar-refractivity contribution in [1.29, 1.82) is 0 Å². The van der Waals surface area contributed by atoms with E-state index < -0.39 is 40.5 Å². The zero-order valence-electron chi connectivity index (χ0n) is 19.7. The molecular weight excluding hydrogens is 508 g/mol. The van der Waals surface area contributed by atoms with E-state index in [-0.39, 0.29) is 17.3 Å². The fourth-order valence-corrected chi connectivity index (χ4v) is 4.10. The van der Waals surface area contributed by atoms with E-state index in [2.05, 4.69) is 20.0 Å². The second-order valence-electron chi connectivity index (χ2n) is 9.07. The topological polar surface area (TPSA) is 93.6 Å². The fourth-order valence-electron chi connectivity index (χ4n) is 4.01. The summed E-state index contributed by atoms with van der Waals surface area (Å²) in [6, 6.07) is 3.69. The number of alkyl halides is 5. The SMILES string of the molecule is CC1(C)COCC[C@H]1NC(=O)[C@](C)(c1cncnc1)N(C(=O)[C@H](F)Cl)c1ccc(OC(F)(F)F)cc1. The van der Waals surface area contributed by atoms with E-state index in [0.717, 1.165) is 29.2 Å². The summed E-state index contributed by atoms with van der Waals surface area (Å²) in [5, 5.41) is 2.93. The minimum absolute atomic E-state index is 0.106. The molecule has 2 aromatic rings. The number of anilines is 1. The van der Waals surface area contributed by atoms with Crippen molar-refractivity contribution >= 4 is 29.1 Å². The Morgan fingerprint density at radius 1 is 1.22 bits per heavy atom. The van der Waals surface area contributed by atoms with Crippen LogP contribution in [0.4, 0.5) is 23.2 Å². The summed E-state index contributed by atoms with van der Waals surface area (Å²) in [5.74, 6) is -2.58. The molecule has 1 aliphatic heterocycles. The molecule has 3 atom stereocenters. The normalized spacial score (nSPS) is 20.1. The number of halogens is 5. The van der Waals surface area contributed by atoms with Crippen molar-refractivity contribution in [1.82, 2.24) is 15.3 Å². The van der Waals surface area contributed by atoms with E-state index in [9.17, 15) is 27.2 Å². The summed E-state index contributed by atoms with van der Waals surface area (Å²) in [5.41, 5.74) is -4.95. The predicted octanol–water partition coefficient (Wildman–Crippen LogP) is 4.09. The number of hydrogen-bond acceptors (Lipinski definition) is 6. The van der Waals surface area contributed by atoms with Gasteiger partial charge in [0.15, 0.2) is 5.54 Å². The Morgan fingerprint density at radius 3 is 2.36 bits per heavy atom. The molecule has 1 aromatic heterocycles. The summed E-state index contributed by atoms with van der Waals surface area (Å²) in [6.07, 6.45) is -0.685. The molecule has 0 saturated carbocycles. The third kappa shape index (κ3) is 6.04. The van der Waals surface area contributed by atoms with Crippen LogP contribution in [-0.4, -0.2) is 53.0 Å². The van der Waals surface area contributed by atoms with Crippen LogP contribution in [-0.2, 0) is 19.9 Å². The molecule has 3 rings (SSSR count). The molecule has 0 unspecified atom stereocenters. The van der Waals surface area contributed by atoms with E-state index in [4.69, 9.17) is 16.3 Å². The van der Waals surface area contributed by atoms with Crippen molar-refractivity contribution in [2.24, 2.45) is 5.41 Å². The summed E-state index contributed by atoms with van der Waals surface area (Å²) < 4.78 is 61.4.